The number of rotatable bonds is 6. The largest absolute Gasteiger partial charge is 0.462 e. The number of nitrogens with zero attached hydrogens (tertiary/aromatic N) is 1. The van der Waals surface area contributed by atoms with Crippen molar-refractivity contribution in [2.45, 2.75) is 78.2 Å². The van der Waals surface area contributed by atoms with Crippen molar-refractivity contribution in [3.63, 3.8) is 0 Å². The van der Waals surface area contributed by atoms with E-state index in [0.29, 0.717) is 59.4 Å². The van der Waals surface area contributed by atoms with Crippen molar-refractivity contribution < 1.29 is 19.1 Å². The molecule has 41 heavy (non-hydrogen) atoms. The van der Waals surface area contributed by atoms with Gasteiger partial charge < -0.3 is 9.64 Å². The van der Waals surface area contributed by atoms with Crippen LogP contribution in [0.4, 0.5) is 0 Å². The van der Waals surface area contributed by atoms with Crippen LogP contribution in [0.3, 0.4) is 0 Å². The quantitative estimate of drug-likeness (QED) is 0.280. The molecule has 0 radical (unpaired) electrons. The van der Waals surface area contributed by atoms with E-state index in [1.54, 1.807) is 36.4 Å². The molecule has 0 bridgehead atoms. The van der Waals surface area contributed by atoms with Crippen molar-refractivity contribution in [2.75, 3.05) is 13.7 Å². The van der Waals surface area contributed by atoms with Crippen molar-refractivity contribution in [1.82, 2.24) is 4.90 Å². The molecule has 4 aliphatic rings. The van der Waals surface area contributed by atoms with Gasteiger partial charge in [-0.25, -0.2) is 4.79 Å². The van der Waals surface area contributed by atoms with Gasteiger partial charge in [-0.2, -0.15) is 0 Å². The third kappa shape index (κ3) is 4.73. The van der Waals surface area contributed by atoms with Crippen LogP contribution in [0.25, 0.3) is 0 Å². The highest BCUT2D eigenvalue weighted by atomic mass is 16.5. The number of benzene rings is 2. The van der Waals surface area contributed by atoms with Gasteiger partial charge in [0.25, 0.3) is 0 Å². The van der Waals surface area contributed by atoms with Crippen LogP contribution in [0, 0.1) is 40.4 Å². The third-order valence-electron chi connectivity index (χ3n) is 12.2. The smallest absolute Gasteiger partial charge is 0.338 e. The van der Waals surface area contributed by atoms with Gasteiger partial charge in [0, 0.05) is 30.6 Å². The maximum atomic E-state index is 12.9. The van der Waals surface area contributed by atoms with Crippen LogP contribution < -0.4 is 0 Å². The van der Waals surface area contributed by atoms with Crippen molar-refractivity contribution >= 4 is 17.7 Å². The highest BCUT2D eigenvalue weighted by molar-refractivity contribution is 6.09. The number of hydrogen-bond acceptors (Lipinski definition) is 4. The van der Waals surface area contributed by atoms with Crippen LogP contribution in [0.1, 0.15) is 98.4 Å². The number of esters is 1. The summed E-state index contributed by atoms with van der Waals surface area (Å²) in [6.45, 7) is 7.70. The maximum absolute atomic E-state index is 12.9. The van der Waals surface area contributed by atoms with Crippen LogP contribution in [0.2, 0.25) is 0 Å². The number of fused-ring (bicyclic) bond motifs is 5. The number of likely N-dealkylation sites (tertiary alicyclic amines) is 1. The lowest BCUT2D eigenvalue weighted by Crippen LogP contribution is -2.61. The lowest BCUT2D eigenvalue weighted by atomic mass is 9.46. The number of carbonyl (C=O) groups excluding carboxylic acids is 3. The van der Waals surface area contributed by atoms with Gasteiger partial charge in [-0.3, -0.25) is 9.59 Å². The SMILES string of the molecule is CC(COC(=O)c1ccc(C(=O)c2ccccc2)cc1)[C@H]1CC[C@H]2[C@@H]3CC[C@H]4N(C)C(=O)CC[C@]4(C)[C@H]3CC[C@]12C. The zero-order valence-corrected chi connectivity index (χ0v) is 25.1. The normalized spacial score (nSPS) is 35.2. The highest BCUT2D eigenvalue weighted by Gasteiger charge is 2.61. The Bertz CT molecular complexity index is 1300. The monoisotopic (exact) mass is 555 g/mol. The van der Waals surface area contributed by atoms with Crippen molar-refractivity contribution in [1.29, 1.82) is 0 Å². The molecule has 8 atom stereocenters. The fourth-order valence-electron chi connectivity index (χ4n) is 10.0. The minimum Gasteiger partial charge on any atom is -0.462 e. The standard InChI is InChI=1S/C36H45NO4/c1-23(22-41-34(40)26-12-10-25(11-13-26)33(39)24-8-6-5-7-9-24)28-15-16-29-27-14-17-31-36(3,21-19-32(38)37(31)4)30(27)18-20-35(28,29)2/h5-13,23,27-31H,14-22H2,1-4H3/t23?,27-,28+,29-,30-,31+,35+,36+/m0/s1. The zero-order valence-electron chi connectivity index (χ0n) is 25.1. The Morgan fingerprint density at radius 1 is 0.854 bits per heavy atom. The van der Waals surface area contributed by atoms with Crippen molar-refractivity contribution in [3.05, 3.63) is 71.3 Å². The first kappa shape index (κ1) is 28.2. The Balaban J connectivity index is 1.08. The summed E-state index contributed by atoms with van der Waals surface area (Å²) in [6, 6.07) is 16.4. The van der Waals surface area contributed by atoms with E-state index in [4.69, 9.17) is 4.74 Å². The van der Waals surface area contributed by atoms with Crippen LogP contribution in [-0.4, -0.2) is 42.3 Å². The molecule has 2 aromatic rings. The van der Waals surface area contributed by atoms with Crippen LogP contribution in [0.15, 0.2) is 54.6 Å². The fourth-order valence-corrected chi connectivity index (χ4v) is 10.0. The summed E-state index contributed by atoms with van der Waals surface area (Å²) < 4.78 is 5.87. The Labute approximate surface area is 245 Å². The summed E-state index contributed by atoms with van der Waals surface area (Å²) in [5.74, 6) is 2.98. The van der Waals surface area contributed by atoms with Gasteiger partial charge >= 0.3 is 5.97 Å². The van der Waals surface area contributed by atoms with E-state index in [0.717, 1.165) is 24.7 Å². The molecule has 1 unspecified atom stereocenters. The number of ether oxygens (including phenoxy) is 1. The molecule has 0 spiro atoms. The second-order valence-corrected chi connectivity index (χ2v) is 14.1. The van der Waals surface area contributed by atoms with E-state index in [1.165, 1.54) is 32.1 Å². The Hall–Kier alpha value is -2.95. The van der Waals surface area contributed by atoms with Crippen LogP contribution in [0.5, 0.6) is 0 Å². The van der Waals surface area contributed by atoms with Gasteiger partial charge in [0.2, 0.25) is 5.91 Å². The first-order valence-electron chi connectivity index (χ1n) is 15.8. The van der Waals surface area contributed by atoms with E-state index >= 15 is 0 Å². The van der Waals surface area contributed by atoms with Crippen LogP contribution >= 0.6 is 0 Å². The lowest BCUT2D eigenvalue weighted by molar-refractivity contribution is -0.159. The molecule has 5 heteroatoms. The number of amides is 1. The van der Waals surface area contributed by atoms with E-state index in [9.17, 15) is 14.4 Å². The number of piperidine rings is 1. The predicted molar refractivity (Wildman–Crippen MR) is 159 cm³/mol. The van der Waals surface area contributed by atoms with Gasteiger partial charge in [0.15, 0.2) is 5.78 Å². The number of carbonyl (C=O) groups is 3. The van der Waals surface area contributed by atoms with Gasteiger partial charge in [0.1, 0.15) is 0 Å². The maximum Gasteiger partial charge on any atom is 0.338 e. The molecule has 4 fully saturated rings. The van der Waals surface area contributed by atoms with Gasteiger partial charge in [-0.1, -0.05) is 63.2 Å². The van der Waals surface area contributed by atoms with Crippen molar-refractivity contribution in [3.8, 4) is 0 Å². The average Bonchev–Trinajstić information content (AvgIpc) is 3.35. The average molecular weight is 556 g/mol. The first-order valence-corrected chi connectivity index (χ1v) is 15.8. The predicted octanol–water partition coefficient (Wildman–Crippen LogP) is 7.19. The number of ketones is 1. The molecule has 1 heterocycles. The fraction of sp³-hybridized carbons (Fsp3) is 0.583. The van der Waals surface area contributed by atoms with Crippen molar-refractivity contribution in [2.24, 2.45) is 40.4 Å². The van der Waals surface area contributed by atoms with E-state index < -0.39 is 0 Å². The topological polar surface area (TPSA) is 63.7 Å². The summed E-state index contributed by atoms with van der Waals surface area (Å²) in [7, 11) is 2.03. The lowest BCUT2D eigenvalue weighted by Gasteiger charge is -2.62. The molecule has 3 aliphatic carbocycles. The van der Waals surface area contributed by atoms with E-state index in [-0.39, 0.29) is 22.6 Å². The molecule has 2 aromatic carbocycles. The van der Waals surface area contributed by atoms with Gasteiger partial charge in [-0.15, -0.1) is 0 Å². The molecule has 0 N–H and O–H groups in total. The molecule has 6 rings (SSSR count). The molecular weight excluding hydrogens is 510 g/mol. The molecule has 5 nitrogen and oxygen atoms in total. The summed E-state index contributed by atoms with van der Waals surface area (Å²) in [4.78, 5) is 40.2. The minimum atomic E-state index is -0.318. The van der Waals surface area contributed by atoms with E-state index in [1.807, 2.05) is 25.2 Å². The molecule has 3 saturated carbocycles. The first-order chi connectivity index (χ1) is 19.6. The van der Waals surface area contributed by atoms with Gasteiger partial charge in [-0.05, 0) is 97.5 Å². The Morgan fingerprint density at radius 2 is 1.51 bits per heavy atom. The molecule has 1 aliphatic heterocycles. The highest BCUT2D eigenvalue weighted by Crippen LogP contribution is 2.67. The molecule has 218 valence electrons. The molecule has 0 aromatic heterocycles. The second-order valence-electron chi connectivity index (χ2n) is 14.1. The molecule has 1 amide bonds. The summed E-state index contributed by atoms with van der Waals surface area (Å²) >= 11 is 0. The molecule has 1 saturated heterocycles. The number of hydrogen-bond donors (Lipinski definition) is 0. The molecular formula is C36H45NO4. The second kappa shape index (κ2) is 10.7. The Kier molecular flexibility index (Phi) is 7.36. The third-order valence-corrected chi connectivity index (χ3v) is 12.2. The summed E-state index contributed by atoms with van der Waals surface area (Å²) in [5.41, 5.74) is 2.21. The van der Waals surface area contributed by atoms with Gasteiger partial charge in [0.05, 0.1) is 12.2 Å². The van der Waals surface area contributed by atoms with Crippen LogP contribution in [-0.2, 0) is 9.53 Å². The zero-order chi connectivity index (χ0) is 28.9. The van der Waals surface area contributed by atoms with E-state index in [2.05, 4.69) is 25.7 Å². The summed E-state index contributed by atoms with van der Waals surface area (Å²) in [6.07, 6.45) is 9.09. The minimum absolute atomic E-state index is 0.0515. The summed E-state index contributed by atoms with van der Waals surface area (Å²) in [5, 5.41) is 0. The Morgan fingerprint density at radius 3 is 2.24 bits per heavy atom.